The molecular weight excluding hydrogens is 996 g/mol. The molecule has 4 amide bonds. The van der Waals surface area contributed by atoms with E-state index in [1.165, 1.54) is 11.0 Å². The Morgan fingerprint density at radius 3 is 2.30 bits per heavy atom. The molecule has 3 N–H and O–H groups in total. The lowest BCUT2D eigenvalue weighted by molar-refractivity contribution is -0.144. The number of benzene rings is 4. The molecule has 5 aromatic rings. The zero-order chi connectivity index (χ0) is 53.5. The fourth-order valence-electron chi connectivity index (χ4n) is 8.75. The van der Waals surface area contributed by atoms with Gasteiger partial charge in [-0.1, -0.05) is 57.2 Å². The number of ether oxygens (including phenoxy) is 3. The lowest BCUT2D eigenvalue weighted by Gasteiger charge is -2.35. The molecule has 0 spiro atoms. The predicted octanol–water partition coefficient (Wildman–Crippen LogP) is 8.14. The molecule has 2 fully saturated rings. The number of carbonyl (C=O) groups excluding carboxylic acids is 4. The van der Waals surface area contributed by atoms with E-state index in [9.17, 15) is 42.7 Å². The van der Waals surface area contributed by atoms with Crippen molar-refractivity contribution in [2.45, 2.75) is 97.3 Å². The third-order valence-electron chi connectivity index (χ3n) is 12.6. The van der Waals surface area contributed by atoms with Gasteiger partial charge in [0.15, 0.2) is 5.11 Å². The number of alkyl halides is 3. The number of nitriles is 1. The van der Waals surface area contributed by atoms with Gasteiger partial charge in [-0.05, 0) is 110 Å². The molecule has 0 aliphatic carbocycles. The van der Waals surface area contributed by atoms with Crippen molar-refractivity contribution in [3.05, 3.63) is 124 Å². The Balaban J connectivity index is 0.829. The van der Waals surface area contributed by atoms with Crippen molar-refractivity contribution in [1.82, 2.24) is 20.5 Å². The molecule has 0 bridgehead atoms. The van der Waals surface area contributed by atoms with Crippen LogP contribution in [0.4, 0.5) is 24.5 Å². The average Bonchev–Trinajstić information content (AvgIpc) is 4.02. The molecule has 2 saturated heterocycles. The van der Waals surface area contributed by atoms with Gasteiger partial charge in [-0.25, -0.2) is 4.98 Å². The number of aliphatic hydroxyl groups is 1. The number of hydrogen-bond donors (Lipinski definition) is 3. The summed E-state index contributed by atoms with van der Waals surface area (Å²) in [4.78, 5) is 64.1. The van der Waals surface area contributed by atoms with Crippen LogP contribution in [0.25, 0.3) is 10.4 Å². The second-order valence-corrected chi connectivity index (χ2v) is 20.8. The van der Waals surface area contributed by atoms with Crippen LogP contribution in [-0.2, 0) is 43.1 Å². The van der Waals surface area contributed by atoms with Crippen LogP contribution in [0.15, 0.2) is 96.5 Å². The smallest absolute Gasteiger partial charge is 0.417 e. The Morgan fingerprint density at radius 1 is 0.932 bits per heavy atom. The molecule has 0 unspecified atom stereocenters. The molecule has 390 valence electrons. The highest BCUT2D eigenvalue weighted by Gasteiger charge is 2.51. The highest BCUT2D eigenvalue weighted by atomic mass is 32.1. The molecule has 2 aliphatic heterocycles. The van der Waals surface area contributed by atoms with Crippen molar-refractivity contribution in [3.63, 3.8) is 0 Å². The fourth-order valence-corrected chi connectivity index (χ4v) is 10.1. The maximum absolute atomic E-state index is 14.1. The lowest BCUT2D eigenvalue weighted by atomic mass is 9.85. The number of hydrogen-bond acceptors (Lipinski definition) is 12. The van der Waals surface area contributed by atoms with Crippen LogP contribution in [-0.4, -0.2) is 100 Å². The Kier molecular flexibility index (Phi) is 17.1. The van der Waals surface area contributed by atoms with Crippen LogP contribution in [0.1, 0.15) is 75.4 Å². The fraction of sp³-hybridized carbons (Fsp3) is 0.389. The first-order valence-corrected chi connectivity index (χ1v) is 25.2. The minimum atomic E-state index is -4.81. The second-order valence-electron chi connectivity index (χ2n) is 19.6. The van der Waals surface area contributed by atoms with E-state index >= 15 is 0 Å². The van der Waals surface area contributed by atoms with Crippen LogP contribution in [0, 0.1) is 23.7 Å². The summed E-state index contributed by atoms with van der Waals surface area (Å²) in [5.74, 6) is -0.695. The number of nitrogens with zero attached hydrogens (tertiary/aromatic N) is 5. The Hall–Kier alpha value is -6.92. The van der Waals surface area contributed by atoms with Crippen LogP contribution < -0.4 is 29.9 Å². The van der Waals surface area contributed by atoms with Gasteiger partial charge < -0.3 is 39.8 Å². The van der Waals surface area contributed by atoms with Crippen LogP contribution in [0.3, 0.4) is 0 Å². The first kappa shape index (κ1) is 54.8. The summed E-state index contributed by atoms with van der Waals surface area (Å²) in [5, 5.41) is 25.7. The minimum Gasteiger partial charge on any atom is -0.493 e. The van der Waals surface area contributed by atoms with Gasteiger partial charge in [0, 0.05) is 38.2 Å². The highest BCUT2D eigenvalue weighted by molar-refractivity contribution is 7.81. The maximum atomic E-state index is 14.1. The summed E-state index contributed by atoms with van der Waals surface area (Å²) in [6.07, 6.45) is -5.11. The molecule has 20 heteroatoms. The average molecular weight is 1050 g/mol. The quantitative estimate of drug-likeness (QED) is 0.0533. The SMILES string of the molecule is Cc1ncsc1-c1ccc(CNC(=O)[C@@H]2C[C@@H](O)CN2C(=O)[C@@H](NC(=O)Cc2cccc(OCCCOCCOc3ccc(N4C(=S)N(c5ccc(C#N)c(C(F)(F)F)c5)C(=O)C4(C)C)cc3)c2)C(C)(C)C)cc1. The third kappa shape index (κ3) is 12.9. The van der Waals surface area contributed by atoms with E-state index < -0.39 is 64.2 Å². The van der Waals surface area contributed by atoms with E-state index in [1.54, 1.807) is 90.2 Å². The minimum absolute atomic E-state index is 0.0176. The van der Waals surface area contributed by atoms with Gasteiger partial charge in [0.1, 0.15) is 35.7 Å². The van der Waals surface area contributed by atoms with Gasteiger partial charge in [-0.3, -0.25) is 24.1 Å². The van der Waals surface area contributed by atoms with Crippen molar-refractivity contribution in [2.24, 2.45) is 5.41 Å². The Labute approximate surface area is 437 Å². The van der Waals surface area contributed by atoms with E-state index in [-0.39, 0.29) is 55.9 Å². The largest absolute Gasteiger partial charge is 0.493 e. The van der Waals surface area contributed by atoms with Gasteiger partial charge in [-0.15, -0.1) is 11.3 Å². The number of aliphatic hydroxyl groups excluding tert-OH is 1. The number of thiocarbonyl (C=S) groups is 1. The van der Waals surface area contributed by atoms with Crippen molar-refractivity contribution in [2.75, 3.05) is 42.8 Å². The van der Waals surface area contributed by atoms with Crippen molar-refractivity contribution < 1.29 is 51.7 Å². The number of halogens is 3. The van der Waals surface area contributed by atoms with Gasteiger partial charge in [0.05, 0.1) is 64.7 Å². The molecule has 0 radical (unpaired) electrons. The first-order chi connectivity index (χ1) is 35.1. The number of nitrogens with one attached hydrogen (secondary N) is 2. The number of likely N-dealkylation sites (tertiary alicyclic amines) is 1. The summed E-state index contributed by atoms with van der Waals surface area (Å²) < 4.78 is 58.7. The first-order valence-electron chi connectivity index (χ1n) is 23.9. The number of aromatic nitrogens is 1. The summed E-state index contributed by atoms with van der Waals surface area (Å²) in [6, 6.07) is 24.4. The predicted molar refractivity (Wildman–Crippen MR) is 277 cm³/mol. The number of amides is 4. The topological polar surface area (TPSA) is 187 Å². The number of β-amino-alcohol motifs (C(OH)–C–C–N with tert-alkyl or cyclic N) is 1. The summed E-state index contributed by atoms with van der Waals surface area (Å²) >= 11 is 7.19. The molecule has 7 rings (SSSR count). The molecule has 74 heavy (non-hydrogen) atoms. The molecule has 0 saturated carbocycles. The van der Waals surface area contributed by atoms with E-state index in [4.69, 9.17) is 26.4 Å². The van der Waals surface area contributed by atoms with Crippen LogP contribution >= 0.6 is 23.6 Å². The van der Waals surface area contributed by atoms with Crippen LogP contribution in [0.2, 0.25) is 0 Å². The number of anilines is 2. The second kappa shape index (κ2) is 23.1. The van der Waals surface area contributed by atoms with Gasteiger partial charge in [0.2, 0.25) is 17.7 Å². The highest BCUT2D eigenvalue weighted by Crippen LogP contribution is 2.40. The van der Waals surface area contributed by atoms with Crippen molar-refractivity contribution in [3.8, 4) is 28.0 Å². The number of aryl methyl sites for hydroxylation is 1. The Bertz CT molecular complexity index is 2900. The zero-order valence-corrected chi connectivity index (χ0v) is 43.5. The molecule has 3 heterocycles. The van der Waals surface area contributed by atoms with Gasteiger partial charge in [0.25, 0.3) is 5.91 Å². The zero-order valence-electron chi connectivity index (χ0n) is 41.8. The third-order valence-corrected chi connectivity index (χ3v) is 14.0. The molecule has 15 nitrogen and oxygen atoms in total. The normalized spacial score (nSPS) is 17.0. The lowest BCUT2D eigenvalue weighted by Crippen LogP contribution is -2.58. The molecule has 3 atom stereocenters. The summed E-state index contributed by atoms with van der Waals surface area (Å²) in [6.45, 7) is 12.1. The molecule has 1 aromatic heterocycles. The van der Waals surface area contributed by atoms with Gasteiger partial charge >= 0.3 is 6.18 Å². The van der Waals surface area contributed by atoms with E-state index in [0.717, 1.165) is 38.7 Å². The van der Waals surface area contributed by atoms with E-state index in [0.29, 0.717) is 42.4 Å². The summed E-state index contributed by atoms with van der Waals surface area (Å²) in [7, 11) is 0. The van der Waals surface area contributed by atoms with Crippen molar-refractivity contribution >= 4 is 63.7 Å². The molecular formula is C54H58F3N7O8S2. The number of rotatable bonds is 19. The number of thiazole rings is 1. The molecule has 4 aromatic carbocycles. The van der Waals surface area contributed by atoms with E-state index in [2.05, 4.69) is 15.6 Å². The summed E-state index contributed by atoms with van der Waals surface area (Å²) in [5.41, 5.74) is 2.06. The monoisotopic (exact) mass is 1050 g/mol. The maximum Gasteiger partial charge on any atom is 0.417 e. The molecule has 2 aliphatic rings. The number of carbonyl (C=O) groups is 4. The van der Waals surface area contributed by atoms with Crippen molar-refractivity contribution in [1.29, 1.82) is 5.26 Å². The standard InChI is InChI=1S/C54H58F3N7O8S2/c1-33-46(74-32-60-33)36-13-11-34(12-14-36)30-59-48(67)44-28-40(65)31-62(44)49(68)47(52(2,3)4)61-45(66)26-35-9-7-10-42(25-35)71-22-8-21-70-23-24-72-41-19-17-38(18-20-41)64-51(73)63(50(69)53(64,5)6)39-16-15-37(29-58)43(27-39)54(55,56)57/h7,9-20,25,27,32,40,44,47,65H,8,21-24,26,28,30-31H2,1-6H3,(H,59,67)(H,61,66)/t40-,44+,47-/m1/s1. The van der Waals surface area contributed by atoms with Gasteiger partial charge in [-0.2, -0.15) is 18.4 Å². The van der Waals surface area contributed by atoms with Crippen LogP contribution in [0.5, 0.6) is 11.5 Å². The van der Waals surface area contributed by atoms with E-state index in [1.807, 2.05) is 52.0 Å². The Morgan fingerprint density at radius 2 is 1.64 bits per heavy atom.